The second-order valence-electron chi connectivity index (χ2n) is 7.45. The van der Waals surface area contributed by atoms with Gasteiger partial charge in [0.25, 0.3) is 5.56 Å². The van der Waals surface area contributed by atoms with Crippen LogP contribution in [-0.4, -0.2) is 38.5 Å². The molecule has 2 atom stereocenters. The molecule has 0 saturated carbocycles. The van der Waals surface area contributed by atoms with Crippen LogP contribution in [0.4, 0.5) is 5.69 Å². The molecule has 0 radical (unpaired) electrons. The molecule has 1 aliphatic rings. The van der Waals surface area contributed by atoms with Crippen LogP contribution < -0.4 is 10.5 Å². The number of hydrogen-bond acceptors (Lipinski definition) is 5. The first-order valence-corrected chi connectivity index (χ1v) is 11.5. The molecule has 1 aliphatic heterocycles. The molecule has 0 unspecified atom stereocenters. The summed E-state index contributed by atoms with van der Waals surface area (Å²) >= 11 is 4.64. The summed E-state index contributed by atoms with van der Waals surface area (Å²) < 4.78 is 2.25. The van der Waals surface area contributed by atoms with E-state index in [9.17, 15) is 14.7 Å². The number of rotatable bonds is 5. The number of fused-ring (bicyclic) bond motifs is 2. The number of benzene rings is 2. The van der Waals surface area contributed by atoms with Crippen molar-refractivity contribution in [3.63, 3.8) is 0 Å². The fourth-order valence-corrected chi connectivity index (χ4v) is 5.02. The number of aliphatic hydroxyl groups is 1. The lowest BCUT2D eigenvalue weighted by molar-refractivity contribution is -0.117. The number of carbonyl (C=O) groups is 1. The van der Waals surface area contributed by atoms with E-state index < -0.39 is 11.4 Å². The number of hydrogen-bond donors (Lipinski definition) is 1. The van der Waals surface area contributed by atoms with E-state index in [1.807, 2.05) is 42.2 Å². The van der Waals surface area contributed by atoms with Crippen LogP contribution >= 0.6 is 27.7 Å². The number of halogens is 1. The van der Waals surface area contributed by atoms with E-state index >= 15 is 0 Å². The molecule has 1 N–H and O–H groups in total. The maximum absolute atomic E-state index is 13.2. The van der Waals surface area contributed by atoms with E-state index in [2.05, 4.69) is 20.9 Å². The van der Waals surface area contributed by atoms with Gasteiger partial charge in [0.05, 0.1) is 28.8 Å². The van der Waals surface area contributed by atoms with Crippen LogP contribution in [0.25, 0.3) is 10.9 Å². The number of aromatic nitrogens is 2. The number of amides is 1. The van der Waals surface area contributed by atoms with Crippen molar-refractivity contribution in [1.82, 2.24) is 9.55 Å². The fraction of sp³-hybridized carbons (Fsp3) is 0.318. The minimum Gasteiger partial charge on any atom is -0.392 e. The van der Waals surface area contributed by atoms with Crippen molar-refractivity contribution in [2.24, 2.45) is 0 Å². The van der Waals surface area contributed by atoms with Crippen molar-refractivity contribution in [1.29, 1.82) is 0 Å². The second-order valence-corrected chi connectivity index (χ2v) is 9.67. The van der Waals surface area contributed by atoms with Gasteiger partial charge in [0.1, 0.15) is 0 Å². The van der Waals surface area contributed by atoms with Crippen molar-refractivity contribution in [2.75, 3.05) is 11.4 Å². The Morgan fingerprint density at radius 1 is 1.27 bits per heavy atom. The zero-order valence-electron chi connectivity index (χ0n) is 16.7. The van der Waals surface area contributed by atoms with Crippen LogP contribution in [0, 0.1) is 0 Å². The van der Waals surface area contributed by atoms with Crippen molar-refractivity contribution in [2.45, 2.75) is 43.3 Å². The Bertz CT molecular complexity index is 1180. The number of carbonyl (C=O) groups excluding carboxylic acids is 1. The van der Waals surface area contributed by atoms with Gasteiger partial charge in [-0.2, -0.15) is 0 Å². The molecule has 0 bridgehead atoms. The van der Waals surface area contributed by atoms with Gasteiger partial charge in [-0.3, -0.25) is 14.2 Å². The third-order valence-electron chi connectivity index (χ3n) is 5.11. The Morgan fingerprint density at radius 3 is 2.80 bits per heavy atom. The van der Waals surface area contributed by atoms with E-state index in [-0.39, 0.29) is 18.0 Å². The molecular weight excluding hydrogens is 466 g/mol. The summed E-state index contributed by atoms with van der Waals surface area (Å²) in [6.07, 6.45) is 0.125. The van der Waals surface area contributed by atoms with Gasteiger partial charge in [0.15, 0.2) is 5.16 Å². The number of nitrogens with zero attached hydrogens (tertiary/aromatic N) is 3. The molecule has 156 valence electrons. The molecule has 0 aliphatic carbocycles. The van der Waals surface area contributed by atoms with Crippen LogP contribution in [0.1, 0.15) is 19.4 Å². The topological polar surface area (TPSA) is 75.4 Å². The van der Waals surface area contributed by atoms with Gasteiger partial charge in [0.2, 0.25) is 5.91 Å². The zero-order chi connectivity index (χ0) is 21.4. The third-order valence-corrected chi connectivity index (χ3v) is 6.68. The highest BCUT2D eigenvalue weighted by Crippen LogP contribution is 2.31. The predicted molar refractivity (Wildman–Crippen MR) is 123 cm³/mol. The first kappa shape index (κ1) is 21.1. The first-order chi connectivity index (χ1) is 14.3. The molecule has 6 nitrogen and oxygen atoms in total. The lowest BCUT2D eigenvalue weighted by Gasteiger charge is -2.22. The maximum Gasteiger partial charge on any atom is 0.262 e. The highest BCUT2D eigenvalue weighted by Gasteiger charge is 2.29. The average molecular weight is 488 g/mol. The summed E-state index contributed by atoms with van der Waals surface area (Å²) in [5.74, 6) is -0.0151. The normalized spacial score (nSPS) is 15.3. The van der Waals surface area contributed by atoms with Gasteiger partial charge in [-0.25, -0.2) is 4.98 Å². The number of anilines is 1. The lowest BCUT2D eigenvalue weighted by atomic mass is 10.2. The molecule has 1 amide bonds. The minimum absolute atomic E-state index is 0.0151. The van der Waals surface area contributed by atoms with E-state index in [4.69, 9.17) is 0 Å². The molecule has 0 spiro atoms. The number of aliphatic hydroxyl groups excluding tert-OH is 1. The van der Waals surface area contributed by atoms with Gasteiger partial charge < -0.3 is 10.0 Å². The highest BCUT2D eigenvalue weighted by molar-refractivity contribution is 9.10. The monoisotopic (exact) mass is 487 g/mol. The van der Waals surface area contributed by atoms with Gasteiger partial charge in [0, 0.05) is 16.7 Å². The number of thioether (sulfide) groups is 1. The standard InChI is InChI=1S/C22H22BrN3O3S/c1-13(27)12-26-21(29)17-11-16(23)7-8-18(17)24-22(26)30-14(2)20(28)25-10-9-15-5-3-4-6-19(15)25/h3-8,11,13-14,27H,9-10,12H2,1-2H3/t13-,14+/m1/s1. The van der Waals surface area contributed by atoms with E-state index in [0.717, 1.165) is 16.6 Å². The summed E-state index contributed by atoms with van der Waals surface area (Å²) in [7, 11) is 0. The summed E-state index contributed by atoms with van der Waals surface area (Å²) in [5, 5.41) is 10.4. The minimum atomic E-state index is -0.718. The van der Waals surface area contributed by atoms with E-state index in [0.29, 0.717) is 22.6 Å². The Labute approximate surface area is 187 Å². The second kappa shape index (κ2) is 8.53. The zero-order valence-corrected chi connectivity index (χ0v) is 19.1. The summed E-state index contributed by atoms with van der Waals surface area (Å²) in [4.78, 5) is 32.7. The third kappa shape index (κ3) is 4.04. The van der Waals surface area contributed by atoms with Gasteiger partial charge in [-0.15, -0.1) is 0 Å². The summed E-state index contributed by atoms with van der Waals surface area (Å²) in [6.45, 7) is 4.23. The van der Waals surface area contributed by atoms with Crippen LogP contribution in [0.3, 0.4) is 0 Å². The molecule has 0 fully saturated rings. The number of para-hydroxylation sites is 1. The van der Waals surface area contributed by atoms with Crippen molar-refractivity contribution in [3.8, 4) is 0 Å². The Balaban J connectivity index is 1.68. The molecule has 2 heterocycles. The fourth-order valence-electron chi connectivity index (χ4n) is 3.68. The quantitative estimate of drug-likeness (QED) is 0.439. The first-order valence-electron chi connectivity index (χ1n) is 9.79. The molecule has 30 heavy (non-hydrogen) atoms. The molecule has 2 aromatic carbocycles. The van der Waals surface area contributed by atoms with Gasteiger partial charge in [-0.05, 0) is 50.1 Å². The predicted octanol–water partition coefficient (Wildman–Crippen LogP) is 3.61. The molecule has 3 aromatic rings. The smallest absolute Gasteiger partial charge is 0.262 e. The average Bonchev–Trinajstić information content (AvgIpc) is 3.14. The Hall–Kier alpha value is -2.16. The molecular formula is C22H22BrN3O3S. The Kier molecular flexibility index (Phi) is 5.99. The van der Waals surface area contributed by atoms with Crippen LogP contribution in [-0.2, 0) is 17.8 Å². The van der Waals surface area contributed by atoms with Gasteiger partial charge in [-0.1, -0.05) is 45.9 Å². The largest absolute Gasteiger partial charge is 0.392 e. The van der Waals surface area contributed by atoms with Crippen molar-refractivity contribution >= 4 is 50.2 Å². The SMILES string of the molecule is C[C@H](Sc1nc2ccc(Br)cc2c(=O)n1C[C@@H](C)O)C(=O)N1CCc2ccccc21. The van der Waals surface area contributed by atoms with Crippen LogP contribution in [0.15, 0.2) is 56.9 Å². The van der Waals surface area contributed by atoms with E-state index in [1.54, 1.807) is 19.1 Å². The maximum atomic E-state index is 13.2. The lowest BCUT2D eigenvalue weighted by Crippen LogP contribution is -2.36. The van der Waals surface area contributed by atoms with Crippen molar-refractivity contribution in [3.05, 3.63) is 62.9 Å². The molecule has 1 aromatic heterocycles. The van der Waals surface area contributed by atoms with E-state index in [1.165, 1.54) is 21.9 Å². The van der Waals surface area contributed by atoms with Gasteiger partial charge >= 0.3 is 0 Å². The summed E-state index contributed by atoms with van der Waals surface area (Å²) in [5.41, 5.74) is 2.46. The van der Waals surface area contributed by atoms with Crippen molar-refractivity contribution < 1.29 is 9.90 Å². The highest BCUT2D eigenvalue weighted by atomic mass is 79.9. The van der Waals surface area contributed by atoms with Crippen LogP contribution in [0.2, 0.25) is 0 Å². The Morgan fingerprint density at radius 2 is 2.03 bits per heavy atom. The van der Waals surface area contributed by atoms with Crippen LogP contribution in [0.5, 0.6) is 0 Å². The molecule has 0 saturated heterocycles. The summed E-state index contributed by atoms with van der Waals surface area (Å²) in [6, 6.07) is 13.3. The molecule has 8 heteroatoms. The molecule has 4 rings (SSSR count).